The highest BCUT2D eigenvalue weighted by Gasteiger charge is 2.16. The number of nitrogen functional groups attached to an aromatic ring is 1. The van der Waals surface area contributed by atoms with Crippen molar-refractivity contribution in [1.82, 2.24) is 9.78 Å². The summed E-state index contributed by atoms with van der Waals surface area (Å²) in [6.45, 7) is 2.52. The van der Waals surface area contributed by atoms with E-state index in [9.17, 15) is 4.79 Å². The van der Waals surface area contributed by atoms with Crippen molar-refractivity contribution in [2.24, 2.45) is 0 Å². The summed E-state index contributed by atoms with van der Waals surface area (Å²) in [6, 6.07) is 6.74. The van der Waals surface area contributed by atoms with Crippen LogP contribution in [-0.2, 0) is 6.54 Å². The summed E-state index contributed by atoms with van der Waals surface area (Å²) < 4.78 is 6.74. The molecule has 1 aromatic heterocycles. The van der Waals surface area contributed by atoms with Crippen molar-refractivity contribution >= 4 is 17.3 Å². The molecule has 2 aromatic rings. The molecule has 7 nitrogen and oxygen atoms in total. The van der Waals surface area contributed by atoms with Gasteiger partial charge in [0, 0.05) is 18.8 Å². The molecule has 1 heterocycles. The number of aryl methyl sites for hydroxylation is 1. The zero-order valence-corrected chi connectivity index (χ0v) is 11.8. The maximum absolute atomic E-state index is 12.2. The standard InChI is InChI=1S/C14H15N5O2/c1-3-19-8-10(16)13(18-19)14(20)17-11-5-4-9(7-15)6-12(11)21-2/h4-6,8H,3,16H2,1-2H3,(H,17,20). The van der Waals surface area contributed by atoms with E-state index in [1.807, 2.05) is 13.0 Å². The van der Waals surface area contributed by atoms with E-state index in [0.29, 0.717) is 29.2 Å². The van der Waals surface area contributed by atoms with E-state index < -0.39 is 5.91 Å². The topological polar surface area (TPSA) is 106 Å². The van der Waals surface area contributed by atoms with Gasteiger partial charge in [-0.15, -0.1) is 0 Å². The van der Waals surface area contributed by atoms with E-state index in [1.54, 1.807) is 29.1 Å². The molecular formula is C14H15N5O2. The van der Waals surface area contributed by atoms with Crippen LogP contribution in [0.1, 0.15) is 23.0 Å². The van der Waals surface area contributed by atoms with Crippen molar-refractivity contribution in [3.05, 3.63) is 35.7 Å². The molecule has 0 saturated carbocycles. The lowest BCUT2D eigenvalue weighted by atomic mass is 10.2. The lowest BCUT2D eigenvalue weighted by Crippen LogP contribution is -2.15. The first-order valence-electron chi connectivity index (χ1n) is 6.31. The predicted molar refractivity (Wildman–Crippen MR) is 78.0 cm³/mol. The van der Waals surface area contributed by atoms with E-state index in [4.69, 9.17) is 15.7 Å². The summed E-state index contributed by atoms with van der Waals surface area (Å²) in [4.78, 5) is 12.2. The largest absolute Gasteiger partial charge is 0.495 e. The quantitative estimate of drug-likeness (QED) is 0.887. The highest BCUT2D eigenvalue weighted by atomic mass is 16.5. The number of hydrogen-bond donors (Lipinski definition) is 2. The Labute approximate surface area is 121 Å². The van der Waals surface area contributed by atoms with Crippen LogP contribution in [0.2, 0.25) is 0 Å². The molecule has 0 bridgehead atoms. The number of nitriles is 1. The summed E-state index contributed by atoms with van der Waals surface area (Å²) in [6.07, 6.45) is 1.60. The third-order valence-corrected chi connectivity index (χ3v) is 2.91. The summed E-state index contributed by atoms with van der Waals surface area (Å²) in [5, 5.41) is 15.6. The third kappa shape index (κ3) is 2.95. The van der Waals surface area contributed by atoms with Crippen LogP contribution in [0.3, 0.4) is 0 Å². The number of rotatable bonds is 4. The van der Waals surface area contributed by atoms with Crippen molar-refractivity contribution in [3.8, 4) is 11.8 Å². The van der Waals surface area contributed by atoms with Gasteiger partial charge in [0.1, 0.15) is 5.75 Å². The summed E-state index contributed by atoms with van der Waals surface area (Å²) in [7, 11) is 1.46. The molecule has 1 amide bonds. The fraction of sp³-hybridized carbons (Fsp3) is 0.214. The summed E-state index contributed by atoms with van der Waals surface area (Å²) in [5.41, 5.74) is 7.13. The van der Waals surface area contributed by atoms with Gasteiger partial charge in [0.05, 0.1) is 30.1 Å². The minimum absolute atomic E-state index is 0.156. The molecule has 0 radical (unpaired) electrons. The van der Waals surface area contributed by atoms with Gasteiger partial charge in [0.2, 0.25) is 0 Å². The fourth-order valence-electron chi connectivity index (χ4n) is 1.82. The highest BCUT2D eigenvalue weighted by Crippen LogP contribution is 2.26. The number of carbonyl (C=O) groups excluding carboxylic acids is 1. The first-order valence-corrected chi connectivity index (χ1v) is 6.31. The Hall–Kier alpha value is -3.01. The maximum atomic E-state index is 12.2. The molecule has 21 heavy (non-hydrogen) atoms. The number of nitrogens with two attached hydrogens (primary N) is 1. The molecule has 0 saturated heterocycles. The van der Waals surface area contributed by atoms with Crippen molar-refractivity contribution in [1.29, 1.82) is 5.26 Å². The first kappa shape index (κ1) is 14.4. The number of carbonyl (C=O) groups is 1. The molecule has 0 aliphatic carbocycles. The van der Waals surface area contributed by atoms with Gasteiger partial charge in [0.25, 0.3) is 5.91 Å². The molecule has 2 rings (SSSR count). The highest BCUT2D eigenvalue weighted by molar-refractivity contribution is 6.06. The number of methoxy groups -OCH3 is 1. The van der Waals surface area contributed by atoms with Gasteiger partial charge < -0.3 is 15.8 Å². The minimum Gasteiger partial charge on any atom is -0.495 e. The molecule has 1 aromatic carbocycles. The molecule has 3 N–H and O–H groups in total. The Morgan fingerprint density at radius 1 is 1.57 bits per heavy atom. The minimum atomic E-state index is -0.428. The molecule has 0 aliphatic heterocycles. The summed E-state index contributed by atoms with van der Waals surface area (Å²) >= 11 is 0. The molecule has 0 aliphatic rings. The van der Waals surface area contributed by atoms with Crippen molar-refractivity contribution in [3.63, 3.8) is 0 Å². The van der Waals surface area contributed by atoms with E-state index in [2.05, 4.69) is 10.4 Å². The molecule has 108 valence electrons. The maximum Gasteiger partial charge on any atom is 0.278 e. The Morgan fingerprint density at radius 3 is 2.90 bits per heavy atom. The number of nitrogens with one attached hydrogen (secondary N) is 1. The average molecular weight is 285 g/mol. The zero-order chi connectivity index (χ0) is 15.4. The number of amides is 1. The number of hydrogen-bond acceptors (Lipinski definition) is 5. The third-order valence-electron chi connectivity index (χ3n) is 2.91. The van der Waals surface area contributed by atoms with Gasteiger partial charge in [-0.25, -0.2) is 0 Å². The van der Waals surface area contributed by atoms with E-state index in [0.717, 1.165) is 0 Å². The number of ether oxygens (including phenoxy) is 1. The second-order valence-electron chi connectivity index (χ2n) is 4.27. The molecule has 0 unspecified atom stereocenters. The van der Waals surface area contributed by atoms with Gasteiger partial charge in [-0.3, -0.25) is 9.48 Å². The number of nitrogens with zero attached hydrogens (tertiary/aromatic N) is 3. The smallest absolute Gasteiger partial charge is 0.278 e. The Morgan fingerprint density at radius 2 is 2.33 bits per heavy atom. The first-order chi connectivity index (χ1) is 10.1. The van der Waals surface area contributed by atoms with Crippen LogP contribution in [-0.4, -0.2) is 22.8 Å². The lowest BCUT2D eigenvalue weighted by Gasteiger charge is -2.09. The molecule has 7 heteroatoms. The summed E-state index contributed by atoms with van der Waals surface area (Å²) in [5.74, 6) is -0.0291. The van der Waals surface area contributed by atoms with Crippen LogP contribution in [0.5, 0.6) is 5.75 Å². The van der Waals surface area contributed by atoms with Gasteiger partial charge in [-0.05, 0) is 19.1 Å². The predicted octanol–water partition coefficient (Wildman–Crippen LogP) is 1.62. The van der Waals surface area contributed by atoms with Crippen LogP contribution >= 0.6 is 0 Å². The number of aromatic nitrogens is 2. The second kappa shape index (κ2) is 5.96. The zero-order valence-electron chi connectivity index (χ0n) is 11.8. The van der Waals surface area contributed by atoms with E-state index in [-0.39, 0.29) is 5.69 Å². The SMILES string of the molecule is CCn1cc(N)c(C(=O)Nc2ccc(C#N)cc2OC)n1. The fourth-order valence-corrected chi connectivity index (χ4v) is 1.82. The second-order valence-corrected chi connectivity index (χ2v) is 4.27. The normalized spacial score (nSPS) is 9.95. The van der Waals surface area contributed by atoms with Crippen LogP contribution < -0.4 is 15.8 Å². The van der Waals surface area contributed by atoms with Crippen LogP contribution in [0, 0.1) is 11.3 Å². The van der Waals surface area contributed by atoms with Gasteiger partial charge >= 0.3 is 0 Å². The average Bonchev–Trinajstić information content (AvgIpc) is 2.88. The van der Waals surface area contributed by atoms with E-state index >= 15 is 0 Å². The Bertz CT molecular complexity index is 715. The monoisotopic (exact) mass is 285 g/mol. The molecule has 0 spiro atoms. The van der Waals surface area contributed by atoms with E-state index in [1.165, 1.54) is 7.11 Å². The Kier molecular flexibility index (Phi) is 4.09. The lowest BCUT2D eigenvalue weighted by molar-refractivity contribution is 0.102. The van der Waals surface area contributed by atoms with Crippen LogP contribution in [0.25, 0.3) is 0 Å². The van der Waals surface area contributed by atoms with Crippen molar-refractivity contribution in [2.75, 3.05) is 18.2 Å². The van der Waals surface area contributed by atoms with Crippen molar-refractivity contribution < 1.29 is 9.53 Å². The molecular weight excluding hydrogens is 270 g/mol. The van der Waals surface area contributed by atoms with Gasteiger partial charge in [-0.1, -0.05) is 0 Å². The van der Waals surface area contributed by atoms with Crippen LogP contribution in [0.4, 0.5) is 11.4 Å². The number of anilines is 2. The van der Waals surface area contributed by atoms with Crippen LogP contribution in [0.15, 0.2) is 24.4 Å². The molecule has 0 atom stereocenters. The molecule has 0 fully saturated rings. The van der Waals surface area contributed by atoms with Gasteiger partial charge in [0.15, 0.2) is 5.69 Å². The Balaban J connectivity index is 2.27. The van der Waals surface area contributed by atoms with Crippen molar-refractivity contribution in [2.45, 2.75) is 13.5 Å². The van der Waals surface area contributed by atoms with Gasteiger partial charge in [-0.2, -0.15) is 10.4 Å². The number of benzene rings is 1.